The zero-order chi connectivity index (χ0) is 20.0. The van der Waals surface area contributed by atoms with Gasteiger partial charge in [0.15, 0.2) is 0 Å². The van der Waals surface area contributed by atoms with Crippen LogP contribution in [0.1, 0.15) is 57.6 Å². The van der Waals surface area contributed by atoms with Gasteiger partial charge in [0.05, 0.1) is 0 Å². The molecule has 2 atom stereocenters. The average molecular weight is 466 g/mol. The predicted octanol–water partition coefficient (Wildman–Crippen LogP) is 1.96. The van der Waals surface area contributed by atoms with Gasteiger partial charge in [-0.25, -0.2) is 9.97 Å². The van der Waals surface area contributed by atoms with Gasteiger partial charge in [-0.1, -0.05) is 0 Å². The van der Waals surface area contributed by atoms with E-state index in [1.807, 2.05) is 17.6 Å². The first-order chi connectivity index (χ1) is 14.1. The summed E-state index contributed by atoms with van der Waals surface area (Å²) in [5.41, 5.74) is 4.62. The van der Waals surface area contributed by atoms with Gasteiger partial charge in [-0.05, 0) is 62.8 Å². The molecule has 1 saturated heterocycles. The molecule has 1 aliphatic carbocycles. The highest BCUT2D eigenvalue weighted by molar-refractivity contribution is 5.93. The van der Waals surface area contributed by atoms with E-state index in [1.165, 1.54) is 5.56 Å². The number of fused-ring (bicyclic) bond motifs is 5. The summed E-state index contributed by atoms with van der Waals surface area (Å²) in [4.78, 5) is 34.9. The number of nitrogens with one attached hydrogen (secondary N) is 2. The van der Waals surface area contributed by atoms with Crippen LogP contribution in [0.5, 0.6) is 0 Å². The SMILES string of the molecule is Cc1nc(CCNC(=O)c2ccc3n(c2=O)C[C@@H]2CNC[C@H]3C2)nc2c1CCC2.Cl.Cl. The summed E-state index contributed by atoms with van der Waals surface area (Å²) in [5.74, 6) is 1.30. The van der Waals surface area contributed by atoms with Crippen molar-refractivity contribution in [2.75, 3.05) is 19.6 Å². The maximum Gasteiger partial charge on any atom is 0.263 e. The zero-order valence-electron chi connectivity index (χ0n) is 17.6. The van der Waals surface area contributed by atoms with Gasteiger partial charge in [-0.2, -0.15) is 0 Å². The molecule has 2 aromatic rings. The van der Waals surface area contributed by atoms with E-state index in [-0.39, 0.29) is 41.8 Å². The Morgan fingerprint density at radius 2 is 2.06 bits per heavy atom. The van der Waals surface area contributed by atoms with Crippen molar-refractivity contribution >= 4 is 30.7 Å². The Balaban J connectivity index is 0.00000136. The van der Waals surface area contributed by atoms with Crippen molar-refractivity contribution in [3.8, 4) is 0 Å². The number of carbonyl (C=O) groups is 1. The van der Waals surface area contributed by atoms with Crippen molar-refractivity contribution in [1.82, 2.24) is 25.2 Å². The minimum atomic E-state index is -0.308. The third kappa shape index (κ3) is 4.49. The molecule has 0 aromatic carbocycles. The molecule has 31 heavy (non-hydrogen) atoms. The van der Waals surface area contributed by atoms with Gasteiger partial charge in [-0.3, -0.25) is 9.59 Å². The second-order valence-corrected chi connectivity index (χ2v) is 8.55. The van der Waals surface area contributed by atoms with Crippen LogP contribution in [-0.2, 0) is 25.8 Å². The zero-order valence-corrected chi connectivity index (χ0v) is 19.3. The number of rotatable bonds is 4. The molecule has 4 heterocycles. The number of nitrogens with zero attached hydrogens (tertiary/aromatic N) is 3. The normalized spacial score (nSPS) is 20.7. The molecule has 0 saturated carbocycles. The fraction of sp³-hybridized carbons (Fsp3) is 0.545. The second kappa shape index (κ2) is 9.67. The molecule has 168 valence electrons. The maximum absolute atomic E-state index is 12.9. The average Bonchev–Trinajstić information content (AvgIpc) is 3.18. The van der Waals surface area contributed by atoms with Gasteiger partial charge in [0.2, 0.25) is 0 Å². The first-order valence-electron chi connectivity index (χ1n) is 10.7. The van der Waals surface area contributed by atoms with Gasteiger partial charge in [0.25, 0.3) is 11.5 Å². The molecule has 1 fully saturated rings. The standard InChI is InChI=1S/C22H27N5O2.2ClH/c1-13-16-3-2-4-18(16)26-20(25-13)7-8-24-21(28)17-5-6-19-15-9-14(10-23-11-15)12-27(19)22(17)29;;/h5-6,14-15,23H,2-4,7-12H2,1H3,(H,24,28);2*1H/t14-,15+;;/m0../s1. The lowest BCUT2D eigenvalue weighted by atomic mass is 9.84. The molecule has 0 spiro atoms. The first kappa shape index (κ1) is 23.7. The minimum Gasteiger partial charge on any atom is -0.351 e. The van der Waals surface area contributed by atoms with Gasteiger partial charge in [-0.15, -0.1) is 24.8 Å². The number of carbonyl (C=O) groups excluding carboxylic acids is 1. The highest BCUT2D eigenvalue weighted by atomic mass is 35.5. The highest BCUT2D eigenvalue weighted by Gasteiger charge is 2.31. The number of halogens is 2. The summed E-state index contributed by atoms with van der Waals surface area (Å²) in [6.45, 7) is 5.00. The van der Waals surface area contributed by atoms with Crippen LogP contribution in [-0.4, -0.2) is 40.1 Å². The fourth-order valence-electron chi connectivity index (χ4n) is 5.14. The molecule has 2 N–H and O–H groups in total. The Hall–Kier alpha value is -1.96. The van der Waals surface area contributed by atoms with E-state index < -0.39 is 0 Å². The van der Waals surface area contributed by atoms with E-state index in [1.54, 1.807) is 6.07 Å². The lowest BCUT2D eigenvalue weighted by Crippen LogP contribution is -2.46. The third-order valence-corrected chi connectivity index (χ3v) is 6.57. The van der Waals surface area contributed by atoms with Crippen LogP contribution in [0.2, 0.25) is 0 Å². The van der Waals surface area contributed by atoms with Crippen molar-refractivity contribution < 1.29 is 4.79 Å². The van der Waals surface area contributed by atoms with E-state index in [4.69, 9.17) is 0 Å². The second-order valence-electron chi connectivity index (χ2n) is 8.55. The molecule has 5 rings (SSSR count). The molecule has 2 bridgehead atoms. The van der Waals surface area contributed by atoms with Gasteiger partial charge < -0.3 is 15.2 Å². The molecule has 1 amide bonds. The van der Waals surface area contributed by atoms with E-state index >= 15 is 0 Å². The lowest BCUT2D eigenvalue weighted by molar-refractivity contribution is 0.0951. The van der Waals surface area contributed by atoms with Gasteiger partial charge >= 0.3 is 0 Å². The summed E-state index contributed by atoms with van der Waals surface area (Å²) in [6.07, 6.45) is 4.92. The minimum absolute atomic E-state index is 0. The lowest BCUT2D eigenvalue weighted by Gasteiger charge is -2.37. The van der Waals surface area contributed by atoms with Crippen LogP contribution in [0.25, 0.3) is 0 Å². The Kier molecular flexibility index (Phi) is 7.39. The Bertz CT molecular complexity index is 1040. The number of amides is 1. The van der Waals surface area contributed by atoms with E-state index in [2.05, 4.69) is 20.6 Å². The molecule has 7 nitrogen and oxygen atoms in total. The third-order valence-electron chi connectivity index (χ3n) is 6.57. The van der Waals surface area contributed by atoms with Crippen LogP contribution < -0.4 is 16.2 Å². The van der Waals surface area contributed by atoms with Gasteiger partial charge in [0, 0.05) is 49.1 Å². The van der Waals surface area contributed by atoms with Crippen LogP contribution in [0.3, 0.4) is 0 Å². The fourth-order valence-corrected chi connectivity index (χ4v) is 5.14. The van der Waals surface area contributed by atoms with Crippen LogP contribution in [0, 0.1) is 12.8 Å². The summed E-state index contributed by atoms with van der Waals surface area (Å²) in [5, 5.41) is 6.33. The molecular formula is C22H29Cl2N5O2. The van der Waals surface area contributed by atoms with Crippen molar-refractivity contribution in [3.05, 3.63) is 56.5 Å². The smallest absolute Gasteiger partial charge is 0.263 e. The van der Waals surface area contributed by atoms with Crippen LogP contribution in [0.4, 0.5) is 0 Å². The predicted molar refractivity (Wildman–Crippen MR) is 124 cm³/mol. The van der Waals surface area contributed by atoms with Crippen molar-refractivity contribution in [2.24, 2.45) is 5.92 Å². The number of hydrogen-bond acceptors (Lipinski definition) is 5. The van der Waals surface area contributed by atoms with Crippen molar-refractivity contribution in [1.29, 1.82) is 0 Å². The number of aryl methyl sites for hydroxylation is 2. The summed E-state index contributed by atoms with van der Waals surface area (Å²) in [7, 11) is 0. The number of hydrogen-bond donors (Lipinski definition) is 2. The molecule has 9 heteroatoms. The van der Waals surface area contributed by atoms with Crippen LogP contribution in [0.15, 0.2) is 16.9 Å². The number of pyridine rings is 1. The highest BCUT2D eigenvalue weighted by Crippen LogP contribution is 2.31. The van der Waals surface area contributed by atoms with E-state index in [0.29, 0.717) is 31.3 Å². The van der Waals surface area contributed by atoms with Gasteiger partial charge in [0.1, 0.15) is 11.4 Å². The molecule has 0 unspecified atom stereocenters. The largest absolute Gasteiger partial charge is 0.351 e. The summed E-state index contributed by atoms with van der Waals surface area (Å²) in [6, 6.07) is 3.64. The monoisotopic (exact) mass is 465 g/mol. The molecular weight excluding hydrogens is 437 g/mol. The Morgan fingerprint density at radius 3 is 2.90 bits per heavy atom. The number of piperidine rings is 1. The van der Waals surface area contributed by atoms with Crippen LogP contribution >= 0.6 is 24.8 Å². The van der Waals surface area contributed by atoms with Crippen molar-refractivity contribution in [3.63, 3.8) is 0 Å². The first-order valence-corrected chi connectivity index (χ1v) is 10.7. The maximum atomic E-state index is 12.9. The Morgan fingerprint density at radius 1 is 1.23 bits per heavy atom. The summed E-state index contributed by atoms with van der Waals surface area (Å²) >= 11 is 0. The summed E-state index contributed by atoms with van der Waals surface area (Å²) < 4.78 is 1.82. The molecule has 2 aliphatic heterocycles. The topological polar surface area (TPSA) is 88.9 Å². The molecule has 3 aliphatic rings. The molecule has 0 radical (unpaired) electrons. The van der Waals surface area contributed by atoms with E-state index in [0.717, 1.165) is 61.7 Å². The van der Waals surface area contributed by atoms with Crippen molar-refractivity contribution in [2.45, 2.75) is 51.5 Å². The van der Waals surface area contributed by atoms with E-state index in [9.17, 15) is 9.59 Å². The molecule has 2 aromatic heterocycles. The quantitative estimate of drug-likeness (QED) is 0.720. The Labute approximate surface area is 194 Å². The number of aromatic nitrogens is 3.